The maximum Gasteiger partial charge on any atom is 0.309 e. The molecule has 1 aromatic carbocycles. The van der Waals surface area contributed by atoms with Crippen LogP contribution in [-0.2, 0) is 16.1 Å². The van der Waals surface area contributed by atoms with E-state index >= 15 is 0 Å². The number of esters is 1. The van der Waals surface area contributed by atoms with Crippen LogP contribution in [-0.4, -0.2) is 17.5 Å². The summed E-state index contributed by atoms with van der Waals surface area (Å²) < 4.78 is 17.7. The standard InChI is InChI=1S/C11H12BrFO2/c12-7-10(13)6-11(14)15-8-9-4-2-1-3-5-9/h1-5,10H,6-8H2. The number of carbonyl (C=O) groups is 1. The Morgan fingerprint density at radius 2 is 2.07 bits per heavy atom. The highest BCUT2D eigenvalue weighted by Crippen LogP contribution is 2.06. The van der Waals surface area contributed by atoms with E-state index in [0.717, 1.165) is 5.56 Å². The third-order valence-corrected chi connectivity index (χ3v) is 2.50. The molecule has 0 heterocycles. The summed E-state index contributed by atoms with van der Waals surface area (Å²) >= 11 is 2.96. The Balaban J connectivity index is 2.29. The van der Waals surface area contributed by atoms with Gasteiger partial charge in [0.25, 0.3) is 0 Å². The minimum Gasteiger partial charge on any atom is -0.461 e. The van der Waals surface area contributed by atoms with Crippen molar-refractivity contribution in [3.8, 4) is 0 Å². The number of halogens is 2. The lowest BCUT2D eigenvalue weighted by Crippen LogP contribution is -2.13. The van der Waals surface area contributed by atoms with Gasteiger partial charge in [-0.15, -0.1) is 0 Å². The van der Waals surface area contributed by atoms with Crippen molar-refractivity contribution in [2.75, 3.05) is 5.33 Å². The molecule has 4 heteroatoms. The van der Waals surface area contributed by atoms with E-state index in [-0.39, 0.29) is 18.4 Å². The van der Waals surface area contributed by atoms with Crippen molar-refractivity contribution in [3.05, 3.63) is 35.9 Å². The normalized spacial score (nSPS) is 12.1. The predicted octanol–water partition coefficient (Wildman–Crippen LogP) is 2.85. The number of hydrogen-bond donors (Lipinski definition) is 0. The molecule has 0 radical (unpaired) electrons. The van der Waals surface area contributed by atoms with Crippen LogP contribution in [0.3, 0.4) is 0 Å². The number of benzene rings is 1. The average molecular weight is 275 g/mol. The second kappa shape index (κ2) is 6.56. The predicted molar refractivity (Wildman–Crippen MR) is 59.5 cm³/mol. The fraction of sp³-hybridized carbons (Fsp3) is 0.364. The van der Waals surface area contributed by atoms with Crippen LogP contribution in [0.5, 0.6) is 0 Å². The molecule has 0 aromatic heterocycles. The Hall–Kier alpha value is -0.900. The van der Waals surface area contributed by atoms with Gasteiger partial charge in [-0.2, -0.15) is 0 Å². The monoisotopic (exact) mass is 274 g/mol. The molecule has 1 atom stereocenters. The van der Waals surface area contributed by atoms with E-state index in [2.05, 4.69) is 15.9 Å². The van der Waals surface area contributed by atoms with Crippen molar-refractivity contribution in [1.82, 2.24) is 0 Å². The van der Waals surface area contributed by atoms with Crippen LogP contribution in [0.25, 0.3) is 0 Å². The molecular weight excluding hydrogens is 263 g/mol. The zero-order valence-corrected chi connectivity index (χ0v) is 9.74. The minimum atomic E-state index is -1.17. The van der Waals surface area contributed by atoms with Crippen molar-refractivity contribution in [2.24, 2.45) is 0 Å². The molecule has 2 nitrogen and oxygen atoms in total. The molecule has 0 bridgehead atoms. The molecule has 82 valence electrons. The highest BCUT2D eigenvalue weighted by atomic mass is 79.9. The van der Waals surface area contributed by atoms with Gasteiger partial charge < -0.3 is 4.74 Å². The SMILES string of the molecule is O=C(CC(F)CBr)OCc1ccccc1. The van der Waals surface area contributed by atoms with Gasteiger partial charge in [0.05, 0.1) is 6.42 Å². The molecule has 0 saturated heterocycles. The van der Waals surface area contributed by atoms with Crippen molar-refractivity contribution in [2.45, 2.75) is 19.2 Å². The smallest absolute Gasteiger partial charge is 0.309 e. The fourth-order valence-electron chi connectivity index (χ4n) is 1.03. The molecule has 1 unspecified atom stereocenters. The lowest BCUT2D eigenvalue weighted by atomic mass is 10.2. The van der Waals surface area contributed by atoms with Gasteiger partial charge in [0, 0.05) is 5.33 Å². The van der Waals surface area contributed by atoms with E-state index in [1.807, 2.05) is 30.3 Å². The van der Waals surface area contributed by atoms with E-state index in [4.69, 9.17) is 4.74 Å². The van der Waals surface area contributed by atoms with Crippen molar-refractivity contribution in [1.29, 1.82) is 0 Å². The first kappa shape index (κ1) is 12.2. The van der Waals surface area contributed by atoms with Crippen molar-refractivity contribution in [3.63, 3.8) is 0 Å². The first-order valence-corrected chi connectivity index (χ1v) is 5.74. The number of ether oxygens (including phenoxy) is 1. The quantitative estimate of drug-likeness (QED) is 0.610. The highest BCUT2D eigenvalue weighted by molar-refractivity contribution is 9.09. The topological polar surface area (TPSA) is 26.3 Å². The first-order chi connectivity index (χ1) is 7.22. The van der Waals surface area contributed by atoms with Gasteiger partial charge in [0.2, 0.25) is 0 Å². The summed E-state index contributed by atoms with van der Waals surface area (Å²) in [6.45, 7) is 0.203. The summed E-state index contributed by atoms with van der Waals surface area (Å²) in [5, 5.41) is 0.160. The van der Waals surface area contributed by atoms with Gasteiger partial charge in [-0.1, -0.05) is 46.3 Å². The molecule has 1 aromatic rings. The van der Waals surface area contributed by atoms with Crippen LogP contribution in [0.2, 0.25) is 0 Å². The molecule has 0 amide bonds. The average Bonchev–Trinajstić information content (AvgIpc) is 2.27. The van der Waals surface area contributed by atoms with Crippen molar-refractivity contribution < 1.29 is 13.9 Å². The van der Waals surface area contributed by atoms with Gasteiger partial charge in [0.1, 0.15) is 12.8 Å². The number of hydrogen-bond acceptors (Lipinski definition) is 2. The molecule has 0 fully saturated rings. The molecule has 1 rings (SSSR count). The number of carbonyl (C=O) groups excluding carboxylic acids is 1. The lowest BCUT2D eigenvalue weighted by Gasteiger charge is -2.06. The van der Waals surface area contributed by atoms with E-state index in [0.29, 0.717) is 0 Å². The van der Waals surface area contributed by atoms with Gasteiger partial charge in [-0.05, 0) is 5.56 Å². The van der Waals surface area contributed by atoms with E-state index in [1.54, 1.807) is 0 Å². The van der Waals surface area contributed by atoms with Gasteiger partial charge in [0.15, 0.2) is 0 Å². The number of rotatable bonds is 5. The van der Waals surface area contributed by atoms with Crippen LogP contribution in [0.15, 0.2) is 30.3 Å². The Morgan fingerprint density at radius 1 is 1.40 bits per heavy atom. The largest absolute Gasteiger partial charge is 0.461 e. The Morgan fingerprint density at radius 3 is 2.67 bits per heavy atom. The lowest BCUT2D eigenvalue weighted by molar-refractivity contribution is -0.146. The zero-order valence-electron chi connectivity index (χ0n) is 8.16. The molecule has 0 spiro atoms. The third kappa shape index (κ3) is 4.93. The van der Waals surface area contributed by atoms with Crippen molar-refractivity contribution >= 4 is 21.9 Å². The molecule has 0 aliphatic rings. The zero-order chi connectivity index (χ0) is 11.1. The van der Waals surface area contributed by atoms with Gasteiger partial charge in [-0.3, -0.25) is 4.79 Å². The molecule has 15 heavy (non-hydrogen) atoms. The second-order valence-electron chi connectivity index (χ2n) is 3.10. The molecule has 0 aliphatic carbocycles. The summed E-state index contributed by atoms with van der Waals surface area (Å²) in [5.41, 5.74) is 0.903. The van der Waals surface area contributed by atoms with E-state index < -0.39 is 12.1 Å². The number of alkyl halides is 2. The van der Waals surface area contributed by atoms with E-state index in [9.17, 15) is 9.18 Å². The highest BCUT2D eigenvalue weighted by Gasteiger charge is 2.12. The summed E-state index contributed by atoms with van der Waals surface area (Å²) in [6.07, 6.45) is -1.37. The Kier molecular flexibility index (Phi) is 5.32. The minimum absolute atomic E-state index is 0.160. The summed E-state index contributed by atoms with van der Waals surface area (Å²) in [5.74, 6) is -0.509. The van der Waals surface area contributed by atoms with Crippen LogP contribution >= 0.6 is 15.9 Å². The Bertz CT molecular complexity index is 303. The maximum absolute atomic E-state index is 12.8. The van der Waals surface area contributed by atoms with Crippen LogP contribution in [0.1, 0.15) is 12.0 Å². The summed E-state index contributed by atoms with van der Waals surface area (Å²) in [6, 6.07) is 9.31. The second-order valence-corrected chi connectivity index (χ2v) is 3.75. The molecular formula is C11H12BrFO2. The molecule has 0 aliphatic heterocycles. The van der Waals surface area contributed by atoms with Crippen LogP contribution in [0.4, 0.5) is 4.39 Å². The first-order valence-electron chi connectivity index (χ1n) is 4.62. The van der Waals surface area contributed by atoms with Crippen LogP contribution < -0.4 is 0 Å². The van der Waals surface area contributed by atoms with E-state index in [1.165, 1.54) is 0 Å². The third-order valence-electron chi connectivity index (χ3n) is 1.80. The molecule has 0 N–H and O–H groups in total. The summed E-state index contributed by atoms with van der Waals surface area (Å²) in [7, 11) is 0. The van der Waals surface area contributed by atoms with Gasteiger partial charge >= 0.3 is 5.97 Å². The Labute approximate surface area is 96.6 Å². The summed E-state index contributed by atoms with van der Waals surface area (Å²) in [4.78, 5) is 11.1. The molecule has 0 saturated carbocycles. The fourth-order valence-corrected chi connectivity index (χ4v) is 1.26. The maximum atomic E-state index is 12.8. The van der Waals surface area contributed by atoms with Gasteiger partial charge in [-0.25, -0.2) is 4.39 Å². The van der Waals surface area contributed by atoms with Crippen LogP contribution in [0, 0.1) is 0 Å².